The second kappa shape index (κ2) is 3.77. The summed E-state index contributed by atoms with van der Waals surface area (Å²) in [5, 5.41) is 0. The lowest BCUT2D eigenvalue weighted by molar-refractivity contribution is 0.146. The van der Waals surface area contributed by atoms with Crippen LogP contribution in [-0.4, -0.2) is 23.0 Å². The second-order valence-corrected chi connectivity index (χ2v) is 4.27. The van der Waals surface area contributed by atoms with Crippen LogP contribution in [0.15, 0.2) is 12.3 Å². The van der Waals surface area contributed by atoms with E-state index in [1.165, 1.54) is 30.5 Å². The Kier molecular flexibility index (Phi) is 2.64. The molecule has 0 spiro atoms. The minimum atomic E-state index is 0.620. The van der Waals surface area contributed by atoms with Crippen LogP contribution in [0.4, 0.5) is 0 Å². The number of fused-ring (bicyclic) bond motifs is 1. The number of nitrogens with zero attached hydrogens (tertiary/aromatic N) is 1. The van der Waals surface area contributed by atoms with Crippen molar-refractivity contribution in [2.45, 2.75) is 45.2 Å². The Bertz CT molecular complexity index is 303. The molecule has 0 saturated heterocycles. The number of hydrogen-bond donors (Lipinski definition) is 1. The van der Waals surface area contributed by atoms with E-state index in [1.807, 2.05) is 0 Å². The van der Waals surface area contributed by atoms with Gasteiger partial charge in [0.25, 0.3) is 0 Å². The molecule has 0 aromatic carbocycles. The summed E-state index contributed by atoms with van der Waals surface area (Å²) in [6.07, 6.45) is 5.72. The van der Waals surface area contributed by atoms with E-state index >= 15 is 0 Å². The average molecular weight is 192 g/mol. The molecule has 1 N–H and O–H groups in total. The Labute approximate surface area is 86.3 Å². The molecular formula is C12H20N2. The van der Waals surface area contributed by atoms with Crippen molar-refractivity contribution in [2.24, 2.45) is 0 Å². The summed E-state index contributed by atoms with van der Waals surface area (Å²) in [5.74, 6) is 0. The zero-order chi connectivity index (χ0) is 10.1. The number of rotatable bonds is 2. The average Bonchev–Trinajstić information content (AvgIpc) is 2.64. The number of aromatic nitrogens is 1. The van der Waals surface area contributed by atoms with Crippen molar-refractivity contribution in [1.82, 2.24) is 9.88 Å². The molecule has 78 valence electrons. The van der Waals surface area contributed by atoms with E-state index in [9.17, 15) is 0 Å². The summed E-state index contributed by atoms with van der Waals surface area (Å²) in [4.78, 5) is 5.92. The van der Waals surface area contributed by atoms with Gasteiger partial charge in [0.2, 0.25) is 0 Å². The van der Waals surface area contributed by atoms with E-state index in [0.717, 1.165) is 0 Å². The lowest BCUT2D eigenvalue weighted by Gasteiger charge is -2.38. The van der Waals surface area contributed by atoms with Gasteiger partial charge >= 0.3 is 0 Å². The molecule has 2 heterocycles. The maximum atomic E-state index is 3.38. The van der Waals surface area contributed by atoms with Gasteiger partial charge in [-0.05, 0) is 31.5 Å². The molecule has 1 aromatic heterocycles. The van der Waals surface area contributed by atoms with Gasteiger partial charge in [0.05, 0.1) is 0 Å². The Hall–Kier alpha value is -0.760. The first-order valence-corrected chi connectivity index (χ1v) is 5.66. The molecule has 1 aromatic rings. The minimum Gasteiger partial charge on any atom is -0.365 e. The fraction of sp³-hybridized carbons (Fsp3) is 0.667. The molecule has 1 aliphatic rings. The molecule has 0 aliphatic carbocycles. The topological polar surface area (TPSA) is 19.0 Å². The zero-order valence-electron chi connectivity index (χ0n) is 9.38. The van der Waals surface area contributed by atoms with Gasteiger partial charge in [-0.1, -0.05) is 13.8 Å². The quantitative estimate of drug-likeness (QED) is 0.763. The van der Waals surface area contributed by atoms with Crippen LogP contribution < -0.4 is 0 Å². The van der Waals surface area contributed by atoms with Gasteiger partial charge in [0, 0.05) is 30.4 Å². The lowest BCUT2D eigenvalue weighted by Crippen LogP contribution is -2.40. The monoisotopic (exact) mass is 192 g/mol. The smallest absolute Gasteiger partial charge is 0.0363 e. The maximum Gasteiger partial charge on any atom is 0.0363 e. The highest BCUT2D eigenvalue weighted by atomic mass is 15.2. The normalized spacial score (nSPS) is 27.6. The third-order valence-electron chi connectivity index (χ3n) is 3.59. The first-order chi connectivity index (χ1) is 6.77. The van der Waals surface area contributed by atoms with Crippen LogP contribution in [0.1, 0.15) is 44.0 Å². The highest BCUT2D eigenvalue weighted by molar-refractivity contribution is 5.28. The van der Waals surface area contributed by atoms with Crippen molar-refractivity contribution in [3.8, 4) is 0 Å². The summed E-state index contributed by atoms with van der Waals surface area (Å²) in [5.41, 5.74) is 2.97. The van der Waals surface area contributed by atoms with Crippen LogP contribution in [-0.2, 0) is 6.42 Å². The number of hydrogen-bond acceptors (Lipinski definition) is 1. The van der Waals surface area contributed by atoms with Crippen molar-refractivity contribution >= 4 is 0 Å². The van der Waals surface area contributed by atoms with Gasteiger partial charge in [-0.3, -0.25) is 4.90 Å². The summed E-state index contributed by atoms with van der Waals surface area (Å²) in [7, 11) is 2.26. The minimum absolute atomic E-state index is 0.620. The SMILES string of the molecule is CC[C@H]1Cc2[nH]ccc2[C@H](CC)N1C. The second-order valence-electron chi connectivity index (χ2n) is 4.27. The fourth-order valence-corrected chi connectivity index (χ4v) is 2.70. The molecular weight excluding hydrogens is 172 g/mol. The molecule has 2 atom stereocenters. The van der Waals surface area contributed by atoms with Crippen LogP contribution in [0.2, 0.25) is 0 Å². The van der Waals surface area contributed by atoms with Crippen LogP contribution in [0.25, 0.3) is 0 Å². The maximum absolute atomic E-state index is 3.38. The molecule has 2 heteroatoms. The highest BCUT2D eigenvalue weighted by Gasteiger charge is 2.29. The molecule has 0 bridgehead atoms. The largest absolute Gasteiger partial charge is 0.365 e. The van der Waals surface area contributed by atoms with Crippen molar-refractivity contribution in [3.63, 3.8) is 0 Å². The molecule has 14 heavy (non-hydrogen) atoms. The molecule has 1 aliphatic heterocycles. The highest BCUT2D eigenvalue weighted by Crippen LogP contribution is 2.34. The van der Waals surface area contributed by atoms with Crippen molar-refractivity contribution in [3.05, 3.63) is 23.5 Å². The molecule has 0 amide bonds. The van der Waals surface area contributed by atoms with Gasteiger partial charge < -0.3 is 4.98 Å². The molecule has 0 saturated carbocycles. The Morgan fingerprint density at radius 2 is 2.21 bits per heavy atom. The molecule has 2 rings (SSSR count). The fourth-order valence-electron chi connectivity index (χ4n) is 2.70. The van der Waals surface area contributed by atoms with Gasteiger partial charge in [0.15, 0.2) is 0 Å². The molecule has 0 unspecified atom stereocenters. The third kappa shape index (κ3) is 1.38. The van der Waals surface area contributed by atoms with Gasteiger partial charge in [-0.25, -0.2) is 0 Å². The van der Waals surface area contributed by atoms with E-state index in [-0.39, 0.29) is 0 Å². The third-order valence-corrected chi connectivity index (χ3v) is 3.59. The van der Waals surface area contributed by atoms with Crippen molar-refractivity contribution < 1.29 is 0 Å². The molecule has 2 nitrogen and oxygen atoms in total. The van der Waals surface area contributed by atoms with E-state index < -0.39 is 0 Å². The predicted octanol–water partition coefficient (Wildman–Crippen LogP) is 2.73. The molecule has 0 fully saturated rings. The number of H-pyrrole nitrogens is 1. The number of likely N-dealkylation sites (N-methyl/N-ethyl adjacent to an activating group) is 1. The van der Waals surface area contributed by atoms with Crippen molar-refractivity contribution in [2.75, 3.05) is 7.05 Å². The van der Waals surface area contributed by atoms with Gasteiger partial charge in [-0.15, -0.1) is 0 Å². The summed E-state index contributed by atoms with van der Waals surface area (Å²) in [6, 6.07) is 3.58. The van der Waals surface area contributed by atoms with Crippen LogP contribution in [0, 0.1) is 0 Å². The zero-order valence-corrected chi connectivity index (χ0v) is 9.38. The van der Waals surface area contributed by atoms with E-state index in [0.29, 0.717) is 12.1 Å². The summed E-state index contributed by atoms with van der Waals surface area (Å²) < 4.78 is 0. The predicted molar refractivity (Wildman–Crippen MR) is 59.4 cm³/mol. The number of nitrogens with one attached hydrogen (secondary N) is 1. The van der Waals surface area contributed by atoms with E-state index in [2.05, 4.69) is 43.0 Å². The Balaban J connectivity index is 2.33. The van der Waals surface area contributed by atoms with E-state index in [1.54, 1.807) is 0 Å². The van der Waals surface area contributed by atoms with Gasteiger partial charge in [0.1, 0.15) is 0 Å². The van der Waals surface area contributed by atoms with Gasteiger partial charge in [-0.2, -0.15) is 0 Å². The molecule has 0 radical (unpaired) electrons. The summed E-state index contributed by atoms with van der Waals surface area (Å²) >= 11 is 0. The lowest BCUT2D eigenvalue weighted by atomic mass is 9.91. The number of aromatic amines is 1. The van der Waals surface area contributed by atoms with Crippen LogP contribution in [0.3, 0.4) is 0 Å². The first-order valence-electron chi connectivity index (χ1n) is 5.66. The van der Waals surface area contributed by atoms with Crippen molar-refractivity contribution in [1.29, 1.82) is 0 Å². The van der Waals surface area contributed by atoms with Crippen LogP contribution in [0.5, 0.6) is 0 Å². The Morgan fingerprint density at radius 3 is 2.86 bits per heavy atom. The van der Waals surface area contributed by atoms with E-state index in [4.69, 9.17) is 0 Å². The first kappa shape index (κ1) is 9.78. The Morgan fingerprint density at radius 1 is 1.43 bits per heavy atom. The van der Waals surface area contributed by atoms with Crippen LogP contribution >= 0.6 is 0 Å². The summed E-state index contributed by atoms with van der Waals surface area (Å²) in [6.45, 7) is 4.55. The standard InChI is InChI=1S/C12H20N2/c1-4-9-8-11-10(6-7-13-11)12(5-2)14(9)3/h6-7,9,12-13H,4-5,8H2,1-3H3/t9-,12-/m0/s1.